The monoisotopic (exact) mass is 289 g/mol. The third-order valence-electron chi connectivity index (χ3n) is 3.78. The van der Waals surface area contributed by atoms with Crippen LogP contribution in [0.3, 0.4) is 0 Å². The van der Waals surface area contributed by atoms with Crippen molar-refractivity contribution in [2.75, 3.05) is 7.05 Å². The van der Waals surface area contributed by atoms with Gasteiger partial charge in [-0.1, -0.05) is 38.1 Å². The summed E-state index contributed by atoms with van der Waals surface area (Å²) in [5, 5.41) is 3.31. The first-order chi connectivity index (χ1) is 9.99. The van der Waals surface area contributed by atoms with Crippen LogP contribution >= 0.6 is 0 Å². The Labute approximate surface area is 125 Å². The molecule has 0 bridgehead atoms. The first-order valence-electron chi connectivity index (χ1n) is 7.22. The van der Waals surface area contributed by atoms with E-state index in [2.05, 4.69) is 19.2 Å². The van der Waals surface area contributed by atoms with E-state index < -0.39 is 11.6 Å². The van der Waals surface area contributed by atoms with Gasteiger partial charge in [0.05, 0.1) is 0 Å². The molecule has 0 aliphatic rings. The molecule has 3 heteroatoms. The lowest BCUT2D eigenvalue weighted by Gasteiger charge is -2.20. The summed E-state index contributed by atoms with van der Waals surface area (Å²) >= 11 is 0. The largest absolute Gasteiger partial charge is 0.316 e. The zero-order chi connectivity index (χ0) is 15.4. The summed E-state index contributed by atoms with van der Waals surface area (Å²) in [6.07, 6.45) is 0.936. The smallest absolute Gasteiger partial charge is 0.126 e. The van der Waals surface area contributed by atoms with Crippen LogP contribution in [0.1, 0.15) is 19.4 Å². The second-order valence-corrected chi connectivity index (χ2v) is 5.70. The van der Waals surface area contributed by atoms with Crippen molar-refractivity contribution in [2.45, 2.75) is 26.3 Å². The normalized spacial score (nSPS) is 12.7. The molecule has 0 heterocycles. The highest BCUT2D eigenvalue weighted by Crippen LogP contribution is 2.22. The van der Waals surface area contributed by atoms with E-state index in [9.17, 15) is 8.78 Å². The Balaban J connectivity index is 2.18. The molecule has 0 amide bonds. The first-order valence-corrected chi connectivity index (χ1v) is 7.22. The summed E-state index contributed by atoms with van der Waals surface area (Å²) in [6, 6.07) is 11.9. The second kappa shape index (κ2) is 6.81. The molecule has 0 saturated heterocycles. The van der Waals surface area contributed by atoms with Gasteiger partial charge >= 0.3 is 0 Å². The Kier molecular flexibility index (Phi) is 5.07. The van der Waals surface area contributed by atoms with Crippen molar-refractivity contribution in [1.29, 1.82) is 0 Å². The maximum Gasteiger partial charge on any atom is 0.126 e. The molecular weight excluding hydrogens is 268 g/mol. The average Bonchev–Trinajstić information content (AvgIpc) is 2.44. The average molecular weight is 289 g/mol. The van der Waals surface area contributed by atoms with Gasteiger partial charge in [-0.25, -0.2) is 8.78 Å². The molecular formula is C18H21F2N. The Morgan fingerprint density at radius 1 is 0.905 bits per heavy atom. The third kappa shape index (κ3) is 4.11. The second-order valence-electron chi connectivity index (χ2n) is 5.70. The minimum Gasteiger partial charge on any atom is -0.316 e. The Hall–Kier alpha value is -1.74. The quantitative estimate of drug-likeness (QED) is 0.859. The summed E-state index contributed by atoms with van der Waals surface area (Å²) in [7, 11) is 1.97. The van der Waals surface area contributed by atoms with Gasteiger partial charge in [0.15, 0.2) is 0 Å². The molecule has 2 aromatic carbocycles. The van der Waals surface area contributed by atoms with Crippen molar-refractivity contribution in [3.8, 4) is 11.1 Å². The van der Waals surface area contributed by atoms with Crippen LogP contribution in [-0.4, -0.2) is 13.1 Å². The lowest BCUT2D eigenvalue weighted by molar-refractivity contribution is 0.424. The Morgan fingerprint density at radius 3 is 1.95 bits per heavy atom. The minimum absolute atomic E-state index is 0.419. The van der Waals surface area contributed by atoms with Crippen molar-refractivity contribution in [1.82, 2.24) is 5.32 Å². The molecule has 0 aromatic heterocycles. The number of likely N-dealkylation sites (N-methyl/N-ethyl adjacent to an activating group) is 1. The van der Waals surface area contributed by atoms with Gasteiger partial charge in [0.25, 0.3) is 0 Å². The highest BCUT2D eigenvalue weighted by atomic mass is 19.1. The van der Waals surface area contributed by atoms with E-state index in [4.69, 9.17) is 0 Å². The minimum atomic E-state index is -0.552. The number of hydrogen-bond donors (Lipinski definition) is 1. The first kappa shape index (κ1) is 15.6. The third-order valence-corrected chi connectivity index (χ3v) is 3.78. The highest BCUT2D eigenvalue weighted by molar-refractivity contribution is 5.63. The van der Waals surface area contributed by atoms with Gasteiger partial charge in [0.1, 0.15) is 11.6 Å². The summed E-state index contributed by atoms with van der Waals surface area (Å²) in [4.78, 5) is 0. The van der Waals surface area contributed by atoms with Crippen LogP contribution in [0, 0.1) is 17.6 Å². The van der Waals surface area contributed by atoms with Crippen LogP contribution in [0.25, 0.3) is 11.1 Å². The van der Waals surface area contributed by atoms with Gasteiger partial charge in [-0.3, -0.25) is 0 Å². The van der Waals surface area contributed by atoms with Crippen LogP contribution in [0.15, 0.2) is 42.5 Å². The van der Waals surface area contributed by atoms with Gasteiger partial charge in [0.2, 0.25) is 0 Å². The molecule has 0 aliphatic heterocycles. The highest BCUT2D eigenvalue weighted by Gasteiger charge is 2.11. The number of benzene rings is 2. The predicted molar refractivity (Wildman–Crippen MR) is 83.2 cm³/mol. The zero-order valence-corrected chi connectivity index (χ0v) is 12.7. The van der Waals surface area contributed by atoms with E-state index in [0.29, 0.717) is 17.5 Å². The fraction of sp³-hybridized carbons (Fsp3) is 0.333. The molecule has 1 N–H and O–H groups in total. The van der Waals surface area contributed by atoms with E-state index in [-0.39, 0.29) is 0 Å². The van der Waals surface area contributed by atoms with E-state index >= 15 is 0 Å². The van der Waals surface area contributed by atoms with Crippen molar-refractivity contribution < 1.29 is 8.78 Å². The summed E-state index contributed by atoms with van der Waals surface area (Å²) in [5.74, 6) is -0.555. The fourth-order valence-electron chi connectivity index (χ4n) is 2.48. The van der Waals surface area contributed by atoms with Crippen molar-refractivity contribution >= 4 is 0 Å². The molecule has 2 rings (SSSR count). The molecule has 0 radical (unpaired) electrons. The lowest BCUT2D eigenvalue weighted by atomic mass is 9.95. The molecule has 1 unspecified atom stereocenters. The van der Waals surface area contributed by atoms with Gasteiger partial charge < -0.3 is 5.32 Å². The van der Waals surface area contributed by atoms with E-state index in [1.54, 1.807) is 0 Å². The molecule has 0 fully saturated rings. The van der Waals surface area contributed by atoms with Gasteiger partial charge in [-0.2, -0.15) is 0 Å². The van der Waals surface area contributed by atoms with Crippen LogP contribution in [-0.2, 0) is 6.42 Å². The summed E-state index contributed by atoms with van der Waals surface area (Å²) < 4.78 is 26.5. The maximum absolute atomic E-state index is 13.3. The Bertz CT molecular complexity index is 570. The van der Waals surface area contributed by atoms with Crippen LogP contribution in [0.5, 0.6) is 0 Å². The van der Waals surface area contributed by atoms with Crippen molar-refractivity contribution in [2.24, 2.45) is 5.92 Å². The van der Waals surface area contributed by atoms with Crippen molar-refractivity contribution in [3.63, 3.8) is 0 Å². The number of halogens is 2. The molecule has 1 atom stereocenters. The molecule has 2 aromatic rings. The van der Waals surface area contributed by atoms with Crippen LogP contribution < -0.4 is 5.32 Å². The summed E-state index contributed by atoms with van der Waals surface area (Å²) in [5.41, 5.74) is 2.60. The van der Waals surface area contributed by atoms with Crippen LogP contribution in [0.4, 0.5) is 8.78 Å². The molecule has 21 heavy (non-hydrogen) atoms. The number of rotatable bonds is 5. The van der Waals surface area contributed by atoms with E-state index in [1.165, 1.54) is 17.7 Å². The lowest BCUT2D eigenvalue weighted by Crippen LogP contribution is -2.32. The van der Waals surface area contributed by atoms with Crippen LogP contribution in [0.2, 0.25) is 0 Å². The van der Waals surface area contributed by atoms with Gasteiger partial charge in [-0.15, -0.1) is 0 Å². The zero-order valence-electron chi connectivity index (χ0n) is 12.7. The van der Waals surface area contributed by atoms with Gasteiger partial charge in [-0.05, 0) is 48.2 Å². The molecule has 0 aliphatic carbocycles. The van der Waals surface area contributed by atoms with Crippen molar-refractivity contribution in [3.05, 3.63) is 59.7 Å². The molecule has 0 saturated carbocycles. The summed E-state index contributed by atoms with van der Waals surface area (Å²) in [6.45, 7) is 4.37. The number of hydrogen-bond acceptors (Lipinski definition) is 1. The molecule has 0 spiro atoms. The molecule has 1 nitrogen and oxygen atoms in total. The standard InChI is InChI=1S/C18H21F2N/c1-12(2)18(21-3)8-13-4-6-14(7-5-13)15-9-16(19)11-17(20)10-15/h4-7,9-12,18,21H,8H2,1-3H3. The fourth-order valence-corrected chi connectivity index (χ4v) is 2.48. The SMILES string of the molecule is CNC(Cc1ccc(-c2cc(F)cc(F)c2)cc1)C(C)C. The predicted octanol–water partition coefficient (Wildman–Crippen LogP) is 4.42. The maximum atomic E-state index is 13.3. The van der Waals surface area contributed by atoms with E-state index in [1.807, 2.05) is 31.3 Å². The number of nitrogens with one attached hydrogen (secondary N) is 1. The van der Waals surface area contributed by atoms with E-state index in [0.717, 1.165) is 18.1 Å². The van der Waals surface area contributed by atoms with Gasteiger partial charge in [0, 0.05) is 12.1 Å². The Morgan fingerprint density at radius 2 is 1.48 bits per heavy atom. The topological polar surface area (TPSA) is 12.0 Å². The molecule has 112 valence electrons.